The van der Waals surface area contributed by atoms with Crippen LogP contribution in [0.25, 0.3) is 10.8 Å². The Bertz CT molecular complexity index is 727. The Morgan fingerprint density at radius 1 is 1.38 bits per heavy atom. The molecule has 1 aliphatic carbocycles. The molecule has 108 valence electrons. The highest BCUT2D eigenvalue weighted by molar-refractivity contribution is 6.00. The van der Waals surface area contributed by atoms with E-state index in [2.05, 4.69) is 4.98 Å². The minimum Gasteiger partial charge on any atom is -0.480 e. The number of rotatable bonds is 5. The fraction of sp³-hybridized carbons (Fsp3) is 0.286. The monoisotopic (exact) mass is 287 g/mol. The van der Waals surface area contributed by atoms with Crippen molar-refractivity contribution in [3.05, 3.63) is 40.7 Å². The summed E-state index contributed by atoms with van der Waals surface area (Å²) in [6.07, 6.45) is 4.89. The van der Waals surface area contributed by atoms with Crippen LogP contribution in [0, 0.1) is 10.1 Å². The molecule has 1 aromatic carbocycles. The summed E-state index contributed by atoms with van der Waals surface area (Å²) < 4.78 is 0. The normalized spacial score (nSPS) is 14.1. The maximum Gasteiger partial charge on any atom is 0.323 e. The number of pyridine rings is 1. The van der Waals surface area contributed by atoms with Crippen molar-refractivity contribution in [2.24, 2.45) is 0 Å². The highest BCUT2D eigenvalue weighted by atomic mass is 16.6. The van der Waals surface area contributed by atoms with E-state index >= 15 is 0 Å². The number of fused-ring (bicyclic) bond motifs is 1. The summed E-state index contributed by atoms with van der Waals surface area (Å²) in [5, 5.41) is 21.3. The molecule has 1 N–H and O–H groups in total. The van der Waals surface area contributed by atoms with Crippen LogP contribution in [-0.2, 0) is 4.79 Å². The van der Waals surface area contributed by atoms with Crippen LogP contribution in [0.4, 0.5) is 11.4 Å². The van der Waals surface area contributed by atoms with Crippen LogP contribution in [0.15, 0.2) is 30.6 Å². The van der Waals surface area contributed by atoms with E-state index in [1.807, 2.05) is 0 Å². The number of benzene rings is 1. The molecule has 0 atom stereocenters. The number of nitro groups is 1. The molecule has 1 aliphatic rings. The Hall–Kier alpha value is -2.70. The summed E-state index contributed by atoms with van der Waals surface area (Å²) in [5.74, 6) is -0.914. The third-order valence-corrected chi connectivity index (χ3v) is 3.57. The quantitative estimate of drug-likeness (QED) is 0.669. The summed E-state index contributed by atoms with van der Waals surface area (Å²) in [6, 6.07) is 4.92. The highest BCUT2D eigenvalue weighted by Crippen LogP contribution is 2.38. The van der Waals surface area contributed by atoms with E-state index in [0.717, 1.165) is 12.8 Å². The molecule has 1 heterocycles. The van der Waals surface area contributed by atoms with Crippen LogP contribution in [-0.4, -0.2) is 33.6 Å². The lowest BCUT2D eigenvalue weighted by molar-refractivity contribution is -0.383. The molecule has 3 rings (SSSR count). The van der Waals surface area contributed by atoms with Crippen LogP contribution < -0.4 is 4.90 Å². The summed E-state index contributed by atoms with van der Waals surface area (Å²) in [5.41, 5.74) is 0.691. The number of aliphatic carboxylic acids is 1. The summed E-state index contributed by atoms with van der Waals surface area (Å²) >= 11 is 0. The van der Waals surface area contributed by atoms with Crippen molar-refractivity contribution in [1.29, 1.82) is 0 Å². The lowest BCUT2D eigenvalue weighted by Crippen LogP contribution is -2.31. The summed E-state index contributed by atoms with van der Waals surface area (Å²) in [7, 11) is 0. The van der Waals surface area contributed by atoms with Gasteiger partial charge in [-0.15, -0.1) is 0 Å². The van der Waals surface area contributed by atoms with E-state index in [4.69, 9.17) is 5.11 Å². The number of anilines is 1. The van der Waals surface area contributed by atoms with Gasteiger partial charge in [-0.1, -0.05) is 0 Å². The standard InChI is InChI=1S/C14H13N3O4/c18-14(19)8-16(9-1-2-9)12-3-4-13(17(20)21)11-7-15-6-5-10(11)12/h3-7,9H,1-2,8H2,(H,18,19). The van der Waals surface area contributed by atoms with Gasteiger partial charge in [-0.05, 0) is 25.0 Å². The molecule has 0 aliphatic heterocycles. The van der Waals surface area contributed by atoms with Crippen molar-refractivity contribution in [3.63, 3.8) is 0 Å². The molecule has 0 amide bonds. The van der Waals surface area contributed by atoms with Crippen molar-refractivity contribution in [1.82, 2.24) is 4.98 Å². The van der Waals surface area contributed by atoms with E-state index < -0.39 is 10.9 Å². The molecular formula is C14H13N3O4. The fourth-order valence-corrected chi connectivity index (χ4v) is 2.51. The zero-order chi connectivity index (χ0) is 15.0. The molecule has 21 heavy (non-hydrogen) atoms. The van der Waals surface area contributed by atoms with Gasteiger partial charge < -0.3 is 10.0 Å². The third kappa shape index (κ3) is 2.49. The first-order chi connectivity index (χ1) is 10.1. The predicted octanol–water partition coefficient (Wildman–Crippen LogP) is 2.20. The maximum atomic E-state index is 11.1. The molecule has 1 aromatic heterocycles. The number of carboxylic acids is 1. The largest absolute Gasteiger partial charge is 0.480 e. The zero-order valence-corrected chi connectivity index (χ0v) is 11.1. The fourth-order valence-electron chi connectivity index (χ4n) is 2.51. The third-order valence-electron chi connectivity index (χ3n) is 3.57. The SMILES string of the molecule is O=C(O)CN(c1ccc([N+](=O)[O-])c2cnccc12)C1CC1. The van der Waals surface area contributed by atoms with E-state index in [-0.39, 0.29) is 18.3 Å². The van der Waals surface area contributed by atoms with E-state index in [9.17, 15) is 14.9 Å². The molecule has 0 unspecified atom stereocenters. The first-order valence-corrected chi connectivity index (χ1v) is 6.57. The molecular weight excluding hydrogens is 274 g/mol. The van der Waals surface area contributed by atoms with Crippen molar-refractivity contribution >= 4 is 28.1 Å². The average molecular weight is 287 g/mol. The van der Waals surface area contributed by atoms with Crippen LogP contribution in [0.5, 0.6) is 0 Å². The number of nitrogens with zero attached hydrogens (tertiary/aromatic N) is 3. The lowest BCUT2D eigenvalue weighted by atomic mass is 10.1. The Labute approximate surface area is 120 Å². The first-order valence-electron chi connectivity index (χ1n) is 6.57. The number of hydrogen-bond donors (Lipinski definition) is 1. The maximum absolute atomic E-state index is 11.1. The molecule has 0 bridgehead atoms. The molecule has 0 spiro atoms. The lowest BCUT2D eigenvalue weighted by Gasteiger charge is -2.24. The van der Waals surface area contributed by atoms with E-state index in [1.54, 1.807) is 23.2 Å². The molecule has 7 heteroatoms. The van der Waals surface area contributed by atoms with Gasteiger partial charge in [0.1, 0.15) is 6.54 Å². The Balaban J connectivity index is 2.16. The Morgan fingerprint density at radius 3 is 2.76 bits per heavy atom. The second-order valence-electron chi connectivity index (χ2n) is 5.03. The predicted molar refractivity (Wildman–Crippen MR) is 76.4 cm³/mol. The molecule has 0 radical (unpaired) electrons. The van der Waals surface area contributed by atoms with Gasteiger partial charge in [-0.3, -0.25) is 19.9 Å². The van der Waals surface area contributed by atoms with Crippen molar-refractivity contribution in [3.8, 4) is 0 Å². The highest BCUT2D eigenvalue weighted by Gasteiger charge is 2.32. The van der Waals surface area contributed by atoms with Gasteiger partial charge in [-0.25, -0.2) is 0 Å². The summed E-state index contributed by atoms with van der Waals surface area (Å²) in [4.78, 5) is 27.4. The van der Waals surface area contributed by atoms with Crippen LogP contribution in [0.3, 0.4) is 0 Å². The van der Waals surface area contributed by atoms with Gasteiger partial charge >= 0.3 is 5.97 Å². The number of non-ortho nitro benzene ring substituents is 1. The molecule has 0 saturated heterocycles. The topological polar surface area (TPSA) is 96.6 Å². The van der Waals surface area contributed by atoms with Gasteiger partial charge in [0.05, 0.1) is 10.3 Å². The van der Waals surface area contributed by atoms with Crippen LogP contribution >= 0.6 is 0 Å². The second kappa shape index (κ2) is 5.01. The van der Waals surface area contributed by atoms with Gasteiger partial charge in [0.25, 0.3) is 5.69 Å². The number of nitro benzene ring substituents is 1. The molecule has 2 aromatic rings. The average Bonchev–Trinajstić information content (AvgIpc) is 3.28. The van der Waals surface area contributed by atoms with Crippen molar-refractivity contribution in [2.45, 2.75) is 18.9 Å². The molecule has 1 saturated carbocycles. The van der Waals surface area contributed by atoms with Crippen molar-refractivity contribution in [2.75, 3.05) is 11.4 Å². The Morgan fingerprint density at radius 2 is 2.14 bits per heavy atom. The van der Waals surface area contributed by atoms with E-state index in [1.165, 1.54) is 12.3 Å². The number of carboxylic acid groups (broad SMARTS) is 1. The smallest absolute Gasteiger partial charge is 0.323 e. The van der Waals surface area contributed by atoms with Gasteiger partial charge in [0.15, 0.2) is 0 Å². The minimum atomic E-state index is -0.914. The number of hydrogen-bond acceptors (Lipinski definition) is 5. The van der Waals surface area contributed by atoms with Crippen LogP contribution in [0.2, 0.25) is 0 Å². The van der Waals surface area contributed by atoms with E-state index in [0.29, 0.717) is 16.5 Å². The number of carbonyl (C=O) groups is 1. The number of aromatic nitrogens is 1. The van der Waals surface area contributed by atoms with Gasteiger partial charge in [0.2, 0.25) is 0 Å². The second-order valence-corrected chi connectivity index (χ2v) is 5.03. The van der Waals surface area contributed by atoms with Gasteiger partial charge in [-0.2, -0.15) is 0 Å². The van der Waals surface area contributed by atoms with Gasteiger partial charge in [0, 0.05) is 35.6 Å². The summed E-state index contributed by atoms with van der Waals surface area (Å²) in [6.45, 7) is -0.111. The Kier molecular flexibility index (Phi) is 3.17. The van der Waals surface area contributed by atoms with Crippen molar-refractivity contribution < 1.29 is 14.8 Å². The first kappa shape index (κ1) is 13.3. The molecule has 7 nitrogen and oxygen atoms in total. The zero-order valence-electron chi connectivity index (χ0n) is 11.1. The molecule has 1 fully saturated rings. The minimum absolute atomic E-state index is 0.0204. The van der Waals surface area contributed by atoms with Crippen LogP contribution in [0.1, 0.15) is 12.8 Å².